The number of rotatable bonds is 15. The molecule has 0 radical (unpaired) electrons. The number of hydroxylamine groups is 2. The van der Waals surface area contributed by atoms with E-state index >= 15 is 0 Å². The Morgan fingerprint density at radius 1 is 1.09 bits per heavy atom. The molecule has 9 atom stereocenters. The first-order chi connectivity index (χ1) is 27.0. The van der Waals surface area contributed by atoms with Gasteiger partial charge in [-0.2, -0.15) is 5.06 Å². The van der Waals surface area contributed by atoms with Gasteiger partial charge in [0.2, 0.25) is 5.91 Å². The summed E-state index contributed by atoms with van der Waals surface area (Å²) in [6.07, 6.45) is -0.436. The van der Waals surface area contributed by atoms with Gasteiger partial charge in [0.05, 0.1) is 31.3 Å². The summed E-state index contributed by atoms with van der Waals surface area (Å²) < 4.78 is 5.96. The molecular formula is C44H61N5O8. The minimum Gasteiger partial charge on any atom is -0.496 e. The van der Waals surface area contributed by atoms with E-state index in [-0.39, 0.29) is 47.1 Å². The predicted octanol–water partition coefficient (Wildman–Crippen LogP) is 5.47. The van der Waals surface area contributed by atoms with Crippen LogP contribution in [0, 0.1) is 39.2 Å². The van der Waals surface area contributed by atoms with Crippen LogP contribution in [0.4, 0.5) is 5.69 Å². The lowest BCUT2D eigenvalue weighted by molar-refractivity contribution is -0.384. The Morgan fingerprint density at radius 2 is 1.79 bits per heavy atom. The Hall–Kier alpha value is -4.40. The third kappa shape index (κ3) is 9.84. The van der Waals surface area contributed by atoms with Crippen LogP contribution in [0.1, 0.15) is 69.4 Å². The minimum atomic E-state index is -0.976. The molecule has 2 amide bonds. The monoisotopic (exact) mass is 787 g/mol. The van der Waals surface area contributed by atoms with Crippen LogP contribution >= 0.6 is 0 Å². The number of nitro benzene ring substituents is 1. The van der Waals surface area contributed by atoms with Gasteiger partial charge in [-0.15, -0.1) is 0 Å². The molecule has 1 aliphatic heterocycles. The molecule has 1 saturated carbocycles. The highest BCUT2D eigenvalue weighted by Gasteiger charge is 2.51. The summed E-state index contributed by atoms with van der Waals surface area (Å²) in [6.45, 7) is 12.9. The maximum atomic E-state index is 14.3. The molecule has 4 N–H and O–H groups in total. The molecule has 1 aliphatic carbocycles. The number of aliphatic hydroxyl groups excluding tert-OH is 2. The van der Waals surface area contributed by atoms with Gasteiger partial charge in [0.15, 0.2) is 0 Å². The number of carbonyl (C=O) groups is 2. The van der Waals surface area contributed by atoms with Gasteiger partial charge >= 0.3 is 0 Å². The molecule has 3 aromatic carbocycles. The summed E-state index contributed by atoms with van der Waals surface area (Å²) in [5.74, 6) is -0.187. The molecule has 0 bridgehead atoms. The summed E-state index contributed by atoms with van der Waals surface area (Å²) in [5.41, 5.74) is 2.50. The number of carbonyl (C=O) groups excluding carboxylic acids is 2. The fourth-order valence-electron chi connectivity index (χ4n) is 8.83. The molecule has 1 heterocycles. The summed E-state index contributed by atoms with van der Waals surface area (Å²) >= 11 is 0. The number of hydrogen-bond donors (Lipinski definition) is 4. The molecule has 5 rings (SSSR count). The average Bonchev–Trinajstić information content (AvgIpc) is 3.54. The number of methoxy groups -OCH3 is 1. The van der Waals surface area contributed by atoms with E-state index < -0.39 is 41.6 Å². The Bertz CT molecular complexity index is 1870. The topological polar surface area (TPSA) is 167 Å². The van der Waals surface area contributed by atoms with E-state index in [1.54, 1.807) is 31.2 Å². The smallest absolute Gasteiger partial charge is 0.270 e. The molecule has 1 saturated heterocycles. The predicted molar refractivity (Wildman–Crippen MR) is 219 cm³/mol. The number of para-hydroxylation sites is 1. The first kappa shape index (κ1) is 43.7. The van der Waals surface area contributed by atoms with E-state index in [0.29, 0.717) is 47.2 Å². The SMILES string of the molecule is COc1c(CN2O[C@@H](CO)[C@@H]([C@H](C)O)[C@H]2C(=O)N[C@H]2C[C@@H](C)C(C)(C)[C@@H](C)[C@@H]2C)cccc1-c1cc(C(=O)N[C@@H](Cc2ccccc2)CN(C)C)cc([N+](=O)[O-])c1. The summed E-state index contributed by atoms with van der Waals surface area (Å²) in [4.78, 5) is 48.1. The maximum absolute atomic E-state index is 14.3. The van der Waals surface area contributed by atoms with Crippen molar-refractivity contribution in [2.75, 3.05) is 34.4 Å². The Kier molecular flexibility index (Phi) is 14.2. The van der Waals surface area contributed by atoms with Crippen molar-refractivity contribution in [2.24, 2.45) is 29.1 Å². The second-order valence-corrected chi connectivity index (χ2v) is 17.0. The average molecular weight is 788 g/mol. The lowest BCUT2D eigenvalue weighted by atomic mass is 9.58. The van der Waals surface area contributed by atoms with E-state index in [0.717, 1.165) is 12.0 Å². The van der Waals surface area contributed by atoms with Crippen LogP contribution in [0.5, 0.6) is 5.75 Å². The van der Waals surface area contributed by atoms with Gasteiger partial charge in [-0.1, -0.05) is 83.1 Å². The highest BCUT2D eigenvalue weighted by Crippen LogP contribution is 2.47. The highest BCUT2D eigenvalue weighted by atomic mass is 16.7. The fourth-order valence-corrected chi connectivity index (χ4v) is 8.83. The quantitative estimate of drug-likeness (QED) is 0.115. The van der Waals surface area contributed by atoms with Crippen molar-refractivity contribution in [1.82, 2.24) is 20.6 Å². The summed E-state index contributed by atoms with van der Waals surface area (Å²) in [5, 5.41) is 41.4. The van der Waals surface area contributed by atoms with Crippen molar-refractivity contribution >= 4 is 17.5 Å². The molecule has 3 aromatic rings. The van der Waals surface area contributed by atoms with Gasteiger partial charge < -0.3 is 30.5 Å². The van der Waals surface area contributed by atoms with Crippen molar-refractivity contribution in [2.45, 2.75) is 91.3 Å². The van der Waals surface area contributed by atoms with E-state index in [4.69, 9.17) is 9.57 Å². The normalized spacial score (nSPS) is 25.8. The number of ether oxygens (including phenoxy) is 1. The minimum absolute atomic E-state index is 0.0306. The van der Waals surface area contributed by atoms with Gasteiger partial charge in [-0.05, 0) is 74.2 Å². The number of nitrogens with zero attached hydrogens (tertiary/aromatic N) is 3. The van der Waals surface area contributed by atoms with Crippen molar-refractivity contribution in [3.8, 4) is 16.9 Å². The molecule has 2 fully saturated rings. The number of nitro groups is 1. The first-order valence-corrected chi connectivity index (χ1v) is 19.9. The van der Waals surface area contributed by atoms with E-state index in [9.17, 15) is 29.9 Å². The zero-order valence-electron chi connectivity index (χ0n) is 34.8. The van der Waals surface area contributed by atoms with E-state index in [2.05, 4.69) is 45.3 Å². The number of hydrogen-bond acceptors (Lipinski definition) is 10. The summed E-state index contributed by atoms with van der Waals surface area (Å²) in [7, 11) is 5.33. The number of aliphatic hydroxyl groups is 2. The number of amides is 2. The van der Waals surface area contributed by atoms with Gasteiger partial charge in [-0.25, -0.2) is 0 Å². The van der Waals surface area contributed by atoms with Crippen LogP contribution in [-0.2, 0) is 22.6 Å². The van der Waals surface area contributed by atoms with E-state index in [1.807, 2.05) is 49.3 Å². The van der Waals surface area contributed by atoms with Gasteiger partial charge in [-0.3, -0.25) is 24.5 Å². The highest BCUT2D eigenvalue weighted by molar-refractivity contribution is 5.97. The first-order valence-electron chi connectivity index (χ1n) is 19.9. The maximum Gasteiger partial charge on any atom is 0.270 e. The van der Waals surface area contributed by atoms with Crippen molar-refractivity contribution in [3.05, 3.63) is 93.5 Å². The van der Waals surface area contributed by atoms with Crippen molar-refractivity contribution in [3.63, 3.8) is 0 Å². The third-order valence-corrected chi connectivity index (χ3v) is 12.8. The lowest BCUT2D eigenvalue weighted by Crippen LogP contribution is -2.56. The molecule has 0 unspecified atom stereocenters. The molecule has 2 aliphatic rings. The van der Waals surface area contributed by atoms with Crippen LogP contribution in [-0.4, -0.2) is 102 Å². The summed E-state index contributed by atoms with van der Waals surface area (Å²) in [6, 6.07) is 18.1. The van der Waals surface area contributed by atoms with E-state index in [1.165, 1.54) is 24.3 Å². The van der Waals surface area contributed by atoms with Crippen molar-refractivity contribution in [1.29, 1.82) is 0 Å². The molecule has 13 heteroatoms. The molecular weight excluding hydrogens is 727 g/mol. The van der Waals surface area contributed by atoms with Crippen LogP contribution in [0.25, 0.3) is 11.1 Å². The number of non-ortho nitro benzene ring substituents is 1. The van der Waals surface area contributed by atoms with Crippen LogP contribution < -0.4 is 15.4 Å². The third-order valence-electron chi connectivity index (χ3n) is 12.8. The Labute approximate surface area is 336 Å². The Morgan fingerprint density at radius 3 is 2.40 bits per heavy atom. The molecule has 0 aromatic heterocycles. The van der Waals surface area contributed by atoms with Gasteiger partial charge in [0.1, 0.15) is 17.9 Å². The second-order valence-electron chi connectivity index (χ2n) is 17.0. The second kappa shape index (κ2) is 18.5. The molecule has 310 valence electrons. The largest absolute Gasteiger partial charge is 0.496 e. The number of benzene rings is 3. The van der Waals surface area contributed by atoms with Gasteiger partial charge in [0, 0.05) is 53.4 Å². The van der Waals surface area contributed by atoms with Crippen molar-refractivity contribution < 1.29 is 34.3 Å². The Balaban J connectivity index is 1.46. The molecule has 13 nitrogen and oxygen atoms in total. The standard InChI is InChI=1S/C44H61N5O8/c1-26-18-37(27(2)28(3)44(26,5)6)46-43(53)40-39(29(4)51)38(25-50)57-48(40)23-31-16-13-17-36(41(31)56-9)32-20-33(22-35(21-32)49(54)55)42(52)45-34(24-47(7)8)19-30-14-11-10-12-15-30/h10-17,20-22,26-29,34,37-40,50-51H,18-19,23-25H2,1-9H3,(H,45,52)(H,46,53)/t26-,27+,28+,29+,34+,37+,38+,39-,40+/m1/s1. The van der Waals surface area contributed by atoms with Crippen LogP contribution in [0.15, 0.2) is 66.7 Å². The number of likely N-dealkylation sites (N-methyl/N-ethyl adjacent to an activating group) is 1. The fraction of sp³-hybridized carbons (Fsp3) is 0.545. The van der Waals surface area contributed by atoms with Crippen LogP contribution in [0.2, 0.25) is 0 Å². The van der Waals surface area contributed by atoms with Crippen LogP contribution in [0.3, 0.4) is 0 Å². The molecule has 0 spiro atoms. The zero-order valence-corrected chi connectivity index (χ0v) is 34.8. The lowest BCUT2D eigenvalue weighted by Gasteiger charge is -2.50. The zero-order chi connectivity index (χ0) is 41.8. The number of nitrogens with one attached hydrogen (secondary N) is 2. The van der Waals surface area contributed by atoms with Gasteiger partial charge in [0.25, 0.3) is 11.6 Å². The molecule has 57 heavy (non-hydrogen) atoms.